The second-order valence-electron chi connectivity index (χ2n) is 7.01. The fourth-order valence-electron chi connectivity index (χ4n) is 3.54. The van der Waals surface area contributed by atoms with Crippen molar-refractivity contribution in [3.05, 3.63) is 102 Å². The highest BCUT2D eigenvalue weighted by molar-refractivity contribution is 6.15. The Bertz CT molecular complexity index is 1260. The van der Waals surface area contributed by atoms with Crippen molar-refractivity contribution < 1.29 is 9.53 Å². The molecule has 2 aromatic carbocycles. The number of allylic oxidation sites excluding steroid dienone is 1. The average Bonchev–Trinajstić information content (AvgIpc) is 3.38. The molecule has 30 heavy (non-hydrogen) atoms. The number of ketones is 1. The van der Waals surface area contributed by atoms with Crippen LogP contribution in [0.25, 0.3) is 11.8 Å². The van der Waals surface area contributed by atoms with Gasteiger partial charge in [0.05, 0.1) is 23.6 Å². The summed E-state index contributed by atoms with van der Waals surface area (Å²) in [6, 6.07) is 19.0. The van der Waals surface area contributed by atoms with Gasteiger partial charge in [-0.05, 0) is 53.6 Å². The van der Waals surface area contributed by atoms with E-state index in [0.717, 1.165) is 22.4 Å². The third kappa shape index (κ3) is 3.24. The molecular formula is C24H18N4O2. The summed E-state index contributed by atoms with van der Waals surface area (Å²) in [7, 11) is 0. The summed E-state index contributed by atoms with van der Waals surface area (Å²) in [5.41, 5.74) is 10.4. The molecule has 1 aliphatic rings. The first-order valence-corrected chi connectivity index (χ1v) is 9.54. The van der Waals surface area contributed by atoms with E-state index < -0.39 is 0 Å². The van der Waals surface area contributed by atoms with Gasteiger partial charge in [0.25, 0.3) is 0 Å². The lowest BCUT2D eigenvalue weighted by Gasteiger charge is -2.08. The molecule has 6 heteroatoms. The molecule has 146 valence electrons. The van der Waals surface area contributed by atoms with Crippen molar-refractivity contribution in [2.75, 3.05) is 5.73 Å². The zero-order valence-corrected chi connectivity index (χ0v) is 16.0. The zero-order valence-electron chi connectivity index (χ0n) is 16.0. The number of Topliss-reactive ketones (excluding diaryl/α,β-unsaturated/α-hetero) is 1. The van der Waals surface area contributed by atoms with Crippen molar-refractivity contribution in [3.8, 4) is 17.2 Å². The predicted octanol–water partition coefficient (Wildman–Crippen LogP) is 4.46. The van der Waals surface area contributed by atoms with Gasteiger partial charge in [-0.15, -0.1) is 0 Å². The molecule has 0 unspecified atom stereocenters. The Morgan fingerprint density at radius 1 is 0.967 bits per heavy atom. The summed E-state index contributed by atoms with van der Waals surface area (Å²) in [5.74, 6) is 1.55. The summed E-state index contributed by atoms with van der Waals surface area (Å²) in [6.45, 7) is 0. The van der Waals surface area contributed by atoms with E-state index in [2.05, 4.69) is 10.1 Å². The Labute approximate surface area is 173 Å². The Hall–Kier alpha value is -4.19. The lowest BCUT2D eigenvalue weighted by atomic mass is 10.0. The smallest absolute Gasteiger partial charge is 0.194 e. The number of hydrogen-bond donors (Lipinski definition) is 1. The van der Waals surface area contributed by atoms with E-state index in [-0.39, 0.29) is 5.78 Å². The van der Waals surface area contributed by atoms with E-state index in [9.17, 15) is 4.79 Å². The van der Waals surface area contributed by atoms with Crippen LogP contribution in [0.1, 0.15) is 21.5 Å². The molecule has 0 aliphatic heterocycles. The van der Waals surface area contributed by atoms with E-state index in [1.54, 1.807) is 17.1 Å². The topological polar surface area (TPSA) is 83.0 Å². The first-order valence-electron chi connectivity index (χ1n) is 9.54. The molecule has 2 N–H and O–H groups in total. The minimum Gasteiger partial charge on any atom is -0.456 e. The number of aromatic nitrogens is 3. The van der Waals surface area contributed by atoms with Crippen molar-refractivity contribution in [2.24, 2.45) is 0 Å². The number of carbonyl (C=O) groups is 1. The first kappa shape index (κ1) is 17.9. The zero-order chi connectivity index (χ0) is 20.5. The minimum atomic E-state index is -0.0912. The third-order valence-corrected chi connectivity index (χ3v) is 5.06. The van der Waals surface area contributed by atoms with Gasteiger partial charge in [0.2, 0.25) is 0 Å². The van der Waals surface area contributed by atoms with Crippen molar-refractivity contribution >= 4 is 17.7 Å². The van der Waals surface area contributed by atoms with Crippen molar-refractivity contribution in [3.63, 3.8) is 0 Å². The van der Waals surface area contributed by atoms with Gasteiger partial charge >= 0.3 is 0 Å². The van der Waals surface area contributed by atoms with Crippen LogP contribution < -0.4 is 10.5 Å². The van der Waals surface area contributed by atoms with E-state index >= 15 is 0 Å². The lowest BCUT2D eigenvalue weighted by molar-refractivity contribution is 0.103. The summed E-state index contributed by atoms with van der Waals surface area (Å²) >= 11 is 0. The van der Waals surface area contributed by atoms with Gasteiger partial charge < -0.3 is 10.5 Å². The maximum Gasteiger partial charge on any atom is 0.194 e. The average molecular weight is 394 g/mol. The lowest BCUT2D eigenvalue weighted by Crippen LogP contribution is -2.08. The Balaban J connectivity index is 1.37. The number of nitrogens with zero attached hydrogens (tertiary/aromatic N) is 3. The van der Waals surface area contributed by atoms with Gasteiger partial charge in [0.15, 0.2) is 5.78 Å². The van der Waals surface area contributed by atoms with Crippen LogP contribution in [-0.4, -0.2) is 20.5 Å². The molecule has 2 heterocycles. The highest BCUT2D eigenvalue weighted by atomic mass is 16.5. The summed E-state index contributed by atoms with van der Waals surface area (Å²) in [5, 5.41) is 4.33. The van der Waals surface area contributed by atoms with Gasteiger partial charge in [0, 0.05) is 18.2 Å². The third-order valence-electron chi connectivity index (χ3n) is 5.06. The molecule has 1 aliphatic carbocycles. The fraction of sp³-hybridized carbons (Fsp3) is 0.0417. The van der Waals surface area contributed by atoms with Gasteiger partial charge in [-0.3, -0.25) is 9.78 Å². The molecule has 0 saturated carbocycles. The Kier molecular flexibility index (Phi) is 4.37. The highest BCUT2D eigenvalue weighted by Gasteiger charge is 2.23. The number of anilines is 1. The standard InChI is InChI=1S/C24H18N4O2/c25-24-22(23(29)18-12-16-4-1-2-5-17(16)13-18)15-27-28(24)19-7-9-20(10-8-19)30-21-6-3-11-26-14-21/h1-12,14-15H,13,25H2. The van der Waals surface area contributed by atoms with Crippen molar-refractivity contribution in [1.29, 1.82) is 0 Å². The van der Waals surface area contributed by atoms with Gasteiger partial charge in [-0.2, -0.15) is 5.10 Å². The molecule has 0 fully saturated rings. The molecule has 5 rings (SSSR count). The molecule has 0 bridgehead atoms. The van der Waals surface area contributed by atoms with E-state index in [1.165, 1.54) is 6.20 Å². The SMILES string of the molecule is Nc1c(C(=O)C2=Cc3ccccc3C2)cnn1-c1ccc(Oc2cccnc2)cc1. The largest absolute Gasteiger partial charge is 0.456 e. The van der Waals surface area contributed by atoms with Crippen LogP contribution in [-0.2, 0) is 6.42 Å². The van der Waals surface area contributed by atoms with Crippen LogP contribution in [0.15, 0.2) is 84.8 Å². The van der Waals surface area contributed by atoms with Gasteiger partial charge in [-0.25, -0.2) is 4.68 Å². The van der Waals surface area contributed by atoms with Crippen LogP contribution in [0.5, 0.6) is 11.5 Å². The monoisotopic (exact) mass is 394 g/mol. The molecule has 4 aromatic rings. The number of nitrogens with two attached hydrogens (primary N) is 1. The van der Waals surface area contributed by atoms with E-state index in [0.29, 0.717) is 29.3 Å². The number of rotatable bonds is 5. The molecular weight excluding hydrogens is 376 g/mol. The molecule has 0 spiro atoms. The molecule has 0 saturated heterocycles. The quantitative estimate of drug-likeness (QED) is 0.505. The Morgan fingerprint density at radius 3 is 2.57 bits per heavy atom. The van der Waals surface area contributed by atoms with Crippen molar-refractivity contribution in [1.82, 2.24) is 14.8 Å². The van der Waals surface area contributed by atoms with Crippen LogP contribution >= 0.6 is 0 Å². The predicted molar refractivity (Wildman–Crippen MR) is 115 cm³/mol. The summed E-state index contributed by atoms with van der Waals surface area (Å²) < 4.78 is 7.32. The molecule has 0 amide bonds. The van der Waals surface area contributed by atoms with E-state index in [1.807, 2.05) is 66.7 Å². The normalized spacial score (nSPS) is 12.3. The number of fused-ring (bicyclic) bond motifs is 1. The number of hydrogen-bond acceptors (Lipinski definition) is 5. The number of nitrogen functional groups attached to an aromatic ring is 1. The van der Waals surface area contributed by atoms with Gasteiger partial charge in [-0.1, -0.05) is 24.3 Å². The first-order chi connectivity index (χ1) is 14.7. The number of benzene rings is 2. The van der Waals surface area contributed by atoms with E-state index in [4.69, 9.17) is 10.5 Å². The molecule has 0 atom stereocenters. The summed E-state index contributed by atoms with van der Waals surface area (Å²) in [4.78, 5) is 17.0. The molecule has 0 radical (unpaired) electrons. The minimum absolute atomic E-state index is 0.0912. The van der Waals surface area contributed by atoms with Crippen LogP contribution in [0.2, 0.25) is 0 Å². The molecule has 6 nitrogen and oxygen atoms in total. The second-order valence-corrected chi connectivity index (χ2v) is 7.01. The van der Waals surface area contributed by atoms with Crippen LogP contribution in [0.4, 0.5) is 5.82 Å². The highest BCUT2D eigenvalue weighted by Crippen LogP contribution is 2.29. The second kappa shape index (κ2) is 7.33. The summed E-state index contributed by atoms with van der Waals surface area (Å²) in [6.07, 6.45) is 7.41. The number of ether oxygens (including phenoxy) is 1. The van der Waals surface area contributed by atoms with Crippen LogP contribution in [0.3, 0.4) is 0 Å². The fourth-order valence-corrected chi connectivity index (χ4v) is 3.54. The van der Waals surface area contributed by atoms with Crippen LogP contribution in [0, 0.1) is 0 Å². The number of pyridine rings is 1. The van der Waals surface area contributed by atoms with Gasteiger partial charge in [0.1, 0.15) is 17.3 Å². The maximum atomic E-state index is 13.0. The number of carbonyl (C=O) groups excluding carboxylic acids is 1. The Morgan fingerprint density at radius 2 is 1.80 bits per heavy atom. The maximum absolute atomic E-state index is 13.0. The molecule has 2 aromatic heterocycles. The van der Waals surface area contributed by atoms with Crippen molar-refractivity contribution in [2.45, 2.75) is 6.42 Å².